The zero-order chi connectivity index (χ0) is 24.3. The summed E-state index contributed by atoms with van der Waals surface area (Å²) in [6, 6.07) is 14.9. The van der Waals surface area contributed by atoms with Crippen LogP contribution >= 0.6 is 11.6 Å². The molecule has 0 atom stereocenters. The second kappa shape index (κ2) is 9.47. The largest absolute Gasteiger partial charge is 0.497 e. The zero-order valence-corrected chi connectivity index (χ0v) is 19.5. The minimum absolute atomic E-state index is 0.0540. The molecule has 11 heteroatoms. The molecule has 0 bridgehead atoms. The Morgan fingerprint density at radius 2 is 1.76 bits per heavy atom. The first kappa shape index (κ1) is 24.0. The quantitative estimate of drug-likeness (QED) is 0.381. The lowest BCUT2D eigenvalue weighted by Crippen LogP contribution is -2.29. The molecule has 0 unspecified atom stereocenters. The third-order valence-electron chi connectivity index (χ3n) is 4.98. The second-order valence-electron chi connectivity index (χ2n) is 6.98. The third kappa shape index (κ3) is 4.91. The fraction of sp³-hybridized carbons (Fsp3) is 0.136. The van der Waals surface area contributed by atoms with Crippen LogP contribution in [0.4, 0.5) is 17.1 Å². The van der Waals surface area contributed by atoms with Gasteiger partial charge in [-0.05, 0) is 49.4 Å². The van der Waals surface area contributed by atoms with E-state index in [4.69, 9.17) is 16.3 Å². The molecule has 3 aromatic carbocycles. The van der Waals surface area contributed by atoms with Gasteiger partial charge in [0.05, 0.1) is 33.2 Å². The minimum atomic E-state index is -4.28. The number of hydrogen-bond donors (Lipinski definition) is 1. The molecule has 0 aliphatic carbocycles. The molecule has 9 nitrogen and oxygen atoms in total. The molecule has 0 saturated heterocycles. The van der Waals surface area contributed by atoms with Gasteiger partial charge in [-0.15, -0.1) is 0 Å². The summed E-state index contributed by atoms with van der Waals surface area (Å²) < 4.78 is 32.5. The molecule has 0 radical (unpaired) electrons. The van der Waals surface area contributed by atoms with Crippen molar-refractivity contribution in [2.24, 2.45) is 0 Å². The van der Waals surface area contributed by atoms with Gasteiger partial charge >= 0.3 is 0 Å². The molecular weight excluding hydrogens is 470 g/mol. The summed E-state index contributed by atoms with van der Waals surface area (Å²) >= 11 is 6.05. The van der Waals surface area contributed by atoms with Gasteiger partial charge in [0.2, 0.25) is 0 Å². The highest BCUT2D eigenvalue weighted by atomic mass is 35.5. The maximum atomic E-state index is 13.3. The van der Waals surface area contributed by atoms with Crippen molar-refractivity contribution in [1.29, 1.82) is 0 Å². The number of nitrogens with zero attached hydrogens (tertiary/aromatic N) is 2. The Bertz CT molecular complexity index is 1330. The zero-order valence-electron chi connectivity index (χ0n) is 17.9. The average Bonchev–Trinajstić information content (AvgIpc) is 2.80. The number of nitro groups is 1. The number of halogens is 1. The molecule has 0 spiro atoms. The number of benzene rings is 3. The van der Waals surface area contributed by atoms with Crippen LogP contribution < -0.4 is 14.4 Å². The molecule has 0 aliphatic heterocycles. The molecule has 3 rings (SSSR count). The Morgan fingerprint density at radius 1 is 1.12 bits per heavy atom. The van der Waals surface area contributed by atoms with Crippen LogP contribution in [0.1, 0.15) is 15.9 Å². The van der Waals surface area contributed by atoms with E-state index in [1.165, 1.54) is 33.2 Å². The van der Waals surface area contributed by atoms with E-state index < -0.39 is 26.5 Å². The van der Waals surface area contributed by atoms with Crippen molar-refractivity contribution in [3.05, 3.63) is 86.9 Å². The number of carbonyl (C=O) groups excluding carboxylic acids is 1. The van der Waals surface area contributed by atoms with Gasteiger partial charge in [-0.2, -0.15) is 0 Å². The SMILES string of the molecule is COc1ccc(NC(=O)c2ccccc2N(C)S(=O)(=O)c2cc(Cl)c(C)c([N+](=O)[O-])c2)cc1. The second-order valence-corrected chi connectivity index (χ2v) is 9.36. The molecule has 0 heterocycles. The highest BCUT2D eigenvalue weighted by molar-refractivity contribution is 7.92. The van der Waals surface area contributed by atoms with E-state index in [2.05, 4.69) is 5.32 Å². The van der Waals surface area contributed by atoms with E-state index in [1.54, 1.807) is 36.4 Å². The number of carbonyl (C=O) groups is 1. The van der Waals surface area contributed by atoms with E-state index in [-0.39, 0.29) is 26.7 Å². The van der Waals surface area contributed by atoms with E-state index in [0.29, 0.717) is 11.4 Å². The van der Waals surface area contributed by atoms with Gasteiger partial charge in [-0.3, -0.25) is 19.2 Å². The number of nitro benzene ring substituents is 1. The van der Waals surface area contributed by atoms with Gasteiger partial charge in [0.1, 0.15) is 5.75 Å². The summed E-state index contributed by atoms with van der Waals surface area (Å²) in [6.07, 6.45) is 0. The predicted molar refractivity (Wildman–Crippen MR) is 126 cm³/mol. The van der Waals surface area contributed by atoms with Crippen molar-refractivity contribution >= 4 is 44.6 Å². The van der Waals surface area contributed by atoms with Crippen molar-refractivity contribution in [2.75, 3.05) is 23.8 Å². The van der Waals surface area contributed by atoms with Gasteiger partial charge in [-0.1, -0.05) is 23.7 Å². The first-order chi connectivity index (χ1) is 15.6. The van der Waals surface area contributed by atoms with Crippen LogP contribution in [-0.2, 0) is 10.0 Å². The van der Waals surface area contributed by atoms with Crippen molar-refractivity contribution in [3.63, 3.8) is 0 Å². The van der Waals surface area contributed by atoms with Crippen LogP contribution in [0.15, 0.2) is 65.6 Å². The monoisotopic (exact) mass is 489 g/mol. The van der Waals surface area contributed by atoms with Crippen LogP contribution in [0, 0.1) is 17.0 Å². The fourth-order valence-corrected chi connectivity index (χ4v) is 4.62. The lowest BCUT2D eigenvalue weighted by Gasteiger charge is -2.22. The lowest BCUT2D eigenvalue weighted by atomic mass is 10.1. The molecule has 172 valence electrons. The highest BCUT2D eigenvalue weighted by Crippen LogP contribution is 2.33. The lowest BCUT2D eigenvalue weighted by molar-refractivity contribution is -0.385. The maximum absolute atomic E-state index is 13.3. The first-order valence-electron chi connectivity index (χ1n) is 9.54. The Hall–Kier alpha value is -3.63. The Kier molecular flexibility index (Phi) is 6.89. The van der Waals surface area contributed by atoms with Crippen LogP contribution in [0.5, 0.6) is 5.75 Å². The van der Waals surface area contributed by atoms with E-state index in [0.717, 1.165) is 16.4 Å². The summed E-state index contributed by atoms with van der Waals surface area (Å²) in [5.74, 6) is 0.0795. The van der Waals surface area contributed by atoms with Gasteiger partial charge in [0.15, 0.2) is 0 Å². The van der Waals surface area contributed by atoms with Gasteiger partial charge < -0.3 is 10.1 Å². The Labute approximate surface area is 195 Å². The van der Waals surface area contributed by atoms with E-state index in [9.17, 15) is 23.3 Å². The number of sulfonamides is 1. The molecule has 3 aromatic rings. The van der Waals surface area contributed by atoms with Gasteiger partial charge in [0, 0.05) is 24.4 Å². The van der Waals surface area contributed by atoms with Crippen LogP contribution in [0.2, 0.25) is 5.02 Å². The number of hydrogen-bond acceptors (Lipinski definition) is 6. The first-order valence-corrected chi connectivity index (χ1v) is 11.4. The molecular formula is C22H20ClN3O6S. The average molecular weight is 490 g/mol. The van der Waals surface area contributed by atoms with Crippen molar-refractivity contribution < 1.29 is 22.9 Å². The summed E-state index contributed by atoms with van der Waals surface area (Å²) in [5.41, 5.74) is 0.402. The van der Waals surface area contributed by atoms with Crippen molar-refractivity contribution in [1.82, 2.24) is 0 Å². The molecule has 1 amide bonds. The van der Waals surface area contributed by atoms with E-state index in [1.807, 2.05) is 0 Å². The highest BCUT2D eigenvalue weighted by Gasteiger charge is 2.28. The molecule has 0 fully saturated rings. The number of para-hydroxylation sites is 1. The molecule has 1 N–H and O–H groups in total. The topological polar surface area (TPSA) is 119 Å². The van der Waals surface area contributed by atoms with Crippen LogP contribution in [-0.4, -0.2) is 33.4 Å². The van der Waals surface area contributed by atoms with Gasteiger partial charge in [-0.25, -0.2) is 8.42 Å². The van der Waals surface area contributed by atoms with Crippen molar-refractivity contribution in [3.8, 4) is 5.75 Å². The summed E-state index contributed by atoms with van der Waals surface area (Å²) in [4.78, 5) is 23.2. The summed E-state index contributed by atoms with van der Waals surface area (Å²) in [5, 5.41) is 14.0. The van der Waals surface area contributed by atoms with Crippen LogP contribution in [0.25, 0.3) is 0 Å². The number of amides is 1. The normalized spacial score (nSPS) is 11.0. The summed E-state index contributed by atoms with van der Waals surface area (Å²) in [7, 11) is -1.50. The Balaban J connectivity index is 1.98. The van der Waals surface area contributed by atoms with Crippen molar-refractivity contribution in [2.45, 2.75) is 11.8 Å². The smallest absolute Gasteiger partial charge is 0.275 e. The molecule has 0 aliphatic rings. The number of rotatable bonds is 7. The number of anilines is 2. The predicted octanol–water partition coefficient (Wildman–Crippen LogP) is 4.64. The summed E-state index contributed by atoms with van der Waals surface area (Å²) in [6.45, 7) is 1.43. The maximum Gasteiger partial charge on any atom is 0.275 e. The fourth-order valence-electron chi connectivity index (χ4n) is 3.08. The van der Waals surface area contributed by atoms with Crippen LogP contribution in [0.3, 0.4) is 0 Å². The minimum Gasteiger partial charge on any atom is -0.497 e. The standard InChI is InChI=1S/C22H20ClN3O6S/c1-14-19(23)12-17(13-21(14)26(28)29)33(30,31)25(2)20-7-5-4-6-18(20)22(27)24-15-8-10-16(32-3)11-9-15/h4-13H,1-3H3,(H,24,27). The van der Waals surface area contributed by atoms with E-state index >= 15 is 0 Å². The number of nitrogens with one attached hydrogen (secondary N) is 1. The number of ether oxygens (including phenoxy) is 1. The molecule has 0 saturated carbocycles. The van der Waals surface area contributed by atoms with Gasteiger partial charge in [0.25, 0.3) is 21.6 Å². The Morgan fingerprint density at radius 3 is 2.36 bits per heavy atom. The molecule has 33 heavy (non-hydrogen) atoms. The molecule has 0 aromatic heterocycles. The number of methoxy groups -OCH3 is 1. The third-order valence-corrected chi connectivity index (χ3v) is 7.12.